The Kier molecular flexibility index (Phi) is 4.11. The normalized spacial score (nSPS) is 31.6. The second kappa shape index (κ2) is 4.71. The first kappa shape index (κ1) is 17.5. The summed E-state index contributed by atoms with van der Waals surface area (Å²) in [6.45, 7) is 1.96. The van der Waals surface area contributed by atoms with Crippen LogP contribution in [0.3, 0.4) is 0 Å². The van der Waals surface area contributed by atoms with Crippen LogP contribution in [0.4, 0.5) is 35.1 Å². The van der Waals surface area contributed by atoms with Crippen molar-refractivity contribution in [1.29, 1.82) is 0 Å². The van der Waals surface area contributed by atoms with Gasteiger partial charge in [-0.05, 0) is 12.8 Å². The second-order valence-electron chi connectivity index (χ2n) is 5.19. The van der Waals surface area contributed by atoms with Crippen LogP contribution in [-0.4, -0.2) is 29.0 Å². The van der Waals surface area contributed by atoms with E-state index in [4.69, 9.17) is 0 Å². The highest BCUT2D eigenvalue weighted by Gasteiger charge is 2.78. The van der Waals surface area contributed by atoms with Crippen molar-refractivity contribution in [2.45, 2.75) is 50.6 Å². The summed E-state index contributed by atoms with van der Waals surface area (Å²) >= 11 is 0. The van der Waals surface area contributed by atoms with Crippen LogP contribution in [0.1, 0.15) is 26.7 Å². The largest absolute Gasteiger partial charge is 0.426 e. The van der Waals surface area contributed by atoms with E-state index in [1.165, 1.54) is 0 Å². The van der Waals surface area contributed by atoms with E-state index in [9.17, 15) is 40.2 Å². The summed E-state index contributed by atoms with van der Waals surface area (Å²) in [6.07, 6.45) is -13.8. The van der Waals surface area contributed by atoms with Crippen molar-refractivity contribution in [3.8, 4) is 0 Å². The third kappa shape index (κ3) is 2.27. The van der Waals surface area contributed by atoms with Crippen molar-refractivity contribution in [2.75, 3.05) is 0 Å². The van der Waals surface area contributed by atoms with Crippen molar-refractivity contribution in [3.63, 3.8) is 0 Å². The summed E-state index contributed by atoms with van der Waals surface area (Å²) in [7, 11) is 0. The Morgan fingerprint density at radius 1 is 1.05 bits per heavy atom. The van der Waals surface area contributed by atoms with Crippen molar-refractivity contribution in [3.05, 3.63) is 0 Å². The second-order valence-corrected chi connectivity index (χ2v) is 5.19. The minimum Gasteiger partial charge on any atom is -0.373 e. The number of alkyl halides is 8. The van der Waals surface area contributed by atoms with Gasteiger partial charge in [0.05, 0.1) is 0 Å². The molecule has 9 heteroatoms. The SMILES string of the molecule is CCC1C(C(O)(C(F)(F)F)C(F)(F)F)CC(C)C1(F)F. The number of hydrogen-bond acceptors (Lipinski definition) is 1. The molecule has 3 atom stereocenters. The molecule has 0 saturated heterocycles. The number of aliphatic hydroxyl groups is 1. The van der Waals surface area contributed by atoms with E-state index in [0.717, 1.165) is 13.8 Å². The maximum atomic E-state index is 13.7. The van der Waals surface area contributed by atoms with Crippen LogP contribution in [0.2, 0.25) is 0 Å². The molecule has 3 unspecified atom stereocenters. The summed E-state index contributed by atoms with van der Waals surface area (Å²) < 4.78 is 104. The topological polar surface area (TPSA) is 20.2 Å². The summed E-state index contributed by atoms with van der Waals surface area (Å²) in [5, 5.41) is 9.25. The van der Waals surface area contributed by atoms with Gasteiger partial charge in [-0.25, -0.2) is 8.78 Å². The maximum Gasteiger partial charge on any atom is 0.426 e. The van der Waals surface area contributed by atoms with Gasteiger partial charge in [0.15, 0.2) is 0 Å². The molecule has 0 aromatic rings. The third-order valence-corrected chi connectivity index (χ3v) is 4.09. The van der Waals surface area contributed by atoms with Crippen LogP contribution < -0.4 is 0 Å². The van der Waals surface area contributed by atoms with Gasteiger partial charge in [0.25, 0.3) is 11.5 Å². The van der Waals surface area contributed by atoms with Gasteiger partial charge in [-0.2, -0.15) is 26.3 Å². The molecule has 0 spiro atoms. The molecule has 0 aliphatic heterocycles. The quantitative estimate of drug-likeness (QED) is 0.759. The predicted octanol–water partition coefficient (Wildman–Crippen LogP) is 4.16. The Morgan fingerprint density at radius 3 is 1.75 bits per heavy atom. The Morgan fingerprint density at radius 2 is 1.45 bits per heavy atom. The van der Waals surface area contributed by atoms with Crippen LogP contribution in [0.5, 0.6) is 0 Å². The summed E-state index contributed by atoms with van der Waals surface area (Å²) in [4.78, 5) is 0. The fourth-order valence-corrected chi connectivity index (χ4v) is 2.94. The first-order valence-electron chi connectivity index (χ1n) is 5.94. The maximum absolute atomic E-state index is 13.7. The first-order valence-corrected chi connectivity index (χ1v) is 5.94. The molecule has 20 heavy (non-hydrogen) atoms. The third-order valence-electron chi connectivity index (χ3n) is 4.09. The molecule has 0 radical (unpaired) electrons. The highest BCUT2D eigenvalue weighted by Crippen LogP contribution is 2.60. The lowest BCUT2D eigenvalue weighted by Gasteiger charge is -2.40. The van der Waals surface area contributed by atoms with Crippen molar-refractivity contribution >= 4 is 0 Å². The smallest absolute Gasteiger partial charge is 0.373 e. The summed E-state index contributed by atoms with van der Waals surface area (Å²) in [5.74, 6) is -10.1. The van der Waals surface area contributed by atoms with Crippen molar-refractivity contribution in [2.24, 2.45) is 17.8 Å². The van der Waals surface area contributed by atoms with Gasteiger partial charge in [0.1, 0.15) is 0 Å². The molecule has 0 amide bonds. The van der Waals surface area contributed by atoms with Crippen LogP contribution in [-0.2, 0) is 0 Å². The molecule has 0 aromatic carbocycles. The molecule has 1 aliphatic carbocycles. The number of halogens is 8. The van der Waals surface area contributed by atoms with Crippen LogP contribution in [0.15, 0.2) is 0 Å². The molecule has 1 saturated carbocycles. The zero-order chi connectivity index (χ0) is 16.1. The van der Waals surface area contributed by atoms with E-state index in [2.05, 4.69) is 0 Å². The molecule has 120 valence electrons. The predicted molar refractivity (Wildman–Crippen MR) is 53.1 cm³/mol. The van der Waals surface area contributed by atoms with Gasteiger partial charge in [-0.3, -0.25) is 0 Å². The Hall–Kier alpha value is -0.600. The standard InChI is InChI=1S/C11H14F8O/c1-3-6-7(4-5(2)8(6,12)13)9(20,10(14,15)16)11(17,18)19/h5-7,20H,3-4H2,1-2H3. The average molecular weight is 314 g/mol. The fraction of sp³-hybridized carbons (Fsp3) is 1.00. The fourth-order valence-electron chi connectivity index (χ4n) is 2.94. The van der Waals surface area contributed by atoms with E-state index in [1.54, 1.807) is 0 Å². The summed E-state index contributed by atoms with van der Waals surface area (Å²) in [6, 6.07) is 0. The molecule has 1 N–H and O–H groups in total. The zero-order valence-corrected chi connectivity index (χ0v) is 10.6. The molecule has 1 aliphatic rings. The molecule has 0 aromatic heterocycles. The van der Waals surface area contributed by atoms with Gasteiger partial charge in [-0.15, -0.1) is 0 Å². The lowest BCUT2D eigenvalue weighted by atomic mass is 9.77. The monoisotopic (exact) mass is 314 g/mol. The summed E-state index contributed by atoms with van der Waals surface area (Å²) in [5.41, 5.74) is -5.12. The first-order chi connectivity index (χ1) is 8.71. The molecule has 0 heterocycles. The highest BCUT2D eigenvalue weighted by molar-refractivity contribution is 5.08. The van der Waals surface area contributed by atoms with Gasteiger partial charge in [0.2, 0.25) is 0 Å². The molecule has 1 rings (SSSR count). The lowest BCUT2D eigenvalue weighted by molar-refractivity contribution is -0.389. The van der Waals surface area contributed by atoms with E-state index in [-0.39, 0.29) is 0 Å². The number of hydrogen-bond donors (Lipinski definition) is 1. The Labute approximate surface area is 110 Å². The highest BCUT2D eigenvalue weighted by atomic mass is 19.4. The molecular weight excluding hydrogens is 300 g/mol. The van der Waals surface area contributed by atoms with Gasteiger partial charge in [-0.1, -0.05) is 13.8 Å². The van der Waals surface area contributed by atoms with E-state index in [1.807, 2.05) is 0 Å². The Balaban J connectivity index is 3.38. The zero-order valence-electron chi connectivity index (χ0n) is 10.6. The van der Waals surface area contributed by atoms with Crippen molar-refractivity contribution < 1.29 is 40.2 Å². The van der Waals surface area contributed by atoms with E-state index in [0.29, 0.717) is 0 Å². The molecule has 1 nitrogen and oxygen atoms in total. The lowest BCUT2D eigenvalue weighted by Crippen LogP contribution is -2.63. The van der Waals surface area contributed by atoms with Crippen LogP contribution in [0.25, 0.3) is 0 Å². The van der Waals surface area contributed by atoms with Crippen molar-refractivity contribution in [1.82, 2.24) is 0 Å². The minimum absolute atomic E-state index is 0.587. The van der Waals surface area contributed by atoms with Crippen LogP contribution in [0, 0.1) is 17.8 Å². The average Bonchev–Trinajstić information content (AvgIpc) is 2.45. The van der Waals surface area contributed by atoms with Gasteiger partial charge in [0, 0.05) is 17.8 Å². The van der Waals surface area contributed by atoms with E-state index >= 15 is 0 Å². The van der Waals surface area contributed by atoms with Gasteiger partial charge < -0.3 is 5.11 Å². The Bertz CT molecular complexity index is 344. The van der Waals surface area contributed by atoms with Crippen LogP contribution >= 0.6 is 0 Å². The molecule has 0 bridgehead atoms. The van der Waals surface area contributed by atoms with Gasteiger partial charge >= 0.3 is 12.4 Å². The molecular formula is C11H14F8O. The minimum atomic E-state index is -6.07. The molecule has 1 fully saturated rings. The number of rotatable bonds is 2. The van der Waals surface area contributed by atoms with E-state index < -0.39 is 54.5 Å².